The molecule has 1 fully saturated rings. The van der Waals surface area contributed by atoms with Crippen molar-refractivity contribution in [1.82, 2.24) is 0 Å². The van der Waals surface area contributed by atoms with E-state index in [2.05, 4.69) is 31.2 Å². The van der Waals surface area contributed by atoms with Gasteiger partial charge in [0.1, 0.15) is 5.75 Å². The summed E-state index contributed by atoms with van der Waals surface area (Å²) >= 11 is 0. The number of nitrogens with two attached hydrogens (primary N) is 1. The standard InChI is InChI=1S/C16H25NO/c1-2-13(11-12-17)14-7-9-16(10-8-14)18-15-5-3-4-6-15/h7-10,13,15H,2-6,11-12,17H2,1H3. The Morgan fingerprint density at radius 2 is 1.89 bits per heavy atom. The maximum absolute atomic E-state index is 5.98. The van der Waals surface area contributed by atoms with E-state index >= 15 is 0 Å². The maximum Gasteiger partial charge on any atom is 0.119 e. The minimum absolute atomic E-state index is 0.446. The smallest absolute Gasteiger partial charge is 0.119 e. The van der Waals surface area contributed by atoms with E-state index < -0.39 is 0 Å². The van der Waals surface area contributed by atoms with Crippen LogP contribution in [0.25, 0.3) is 0 Å². The lowest BCUT2D eigenvalue weighted by Crippen LogP contribution is -2.11. The van der Waals surface area contributed by atoms with Crippen LogP contribution in [0.4, 0.5) is 0 Å². The lowest BCUT2D eigenvalue weighted by Gasteiger charge is -2.16. The predicted molar refractivity (Wildman–Crippen MR) is 76.0 cm³/mol. The Morgan fingerprint density at radius 3 is 2.44 bits per heavy atom. The van der Waals surface area contributed by atoms with Crippen molar-refractivity contribution in [1.29, 1.82) is 0 Å². The SMILES string of the molecule is CCC(CCN)c1ccc(OC2CCCC2)cc1. The van der Waals surface area contributed by atoms with Gasteiger partial charge in [-0.05, 0) is 68.7 Å². The van der Waals surface area contributed by atoms with Gasteiger partial charge in [0.05, 0.1) is 6.10 Å². The highest BCUT2D eigenvalue weighted by Gasteiger charge is 2.16. The summed E-state index contributed by atoms with van der Waals surface area (Å²) < 4.78 is 5.98. The highest BCUT2D eigenvalue weighted by Crippen LogP contribution is 2.27. The van der Waals surface area contributed by atoms with Crippen LogP contribution in [-0.2, 0) is 0 Å². The first-order valence-corrected chi connectivity index (χ1v) is 7.30. The summed E-state index contributed by atoms with van der Waals surface area (Å²) in [5, 5.41) is 0. The first-order chi connectivity index (χ1) is 8.83. The Morgan fingerprint density at radius 1 is 1.22 bits per heavy atom. The minimum Gasteiger partial charge on any atom is -0.490 e. The molecule has 1 aliphatic rings. The zero-order chi connectivity index (χ0) is 12.8. The summed E-state index contributed by atoms with van der Waals surface area (Å²) in [6, 6.07) is 8.64. The molecular weight excluding hydrogens is 222 g/mol. The van der Waals surface area contributed by atoms with Crippen molar-refractivity contribution in [2.75, 3.05) is 6.54 Å². The minimum atomic E-state index is 0.446. The number of benzene rings is 1. The van der Waals surface area contributed by atoms with Gasteiger partial charge in [0.15, 0.2) is 0 Å². The second-order valence-corrected chi connectivity index (χ2v) is 5.28. The third-order valence-corrected chi connectivity index (χ3v) is 3.96. The molecule has 1 aromatic carbocycles. The van der Waals surface area contributed by atoms with E-state index in [4.69, 9.17) is 10.5 Å². The van der Waals surface area contributed by atoms with Crippen LogP contribution in [0.5, 0.6) is 5.75 Å². The Labute approximate surface area is 111 Å². The molecule has 2 rings (SSSR count). The van der Waals surface area contributed by atoms with Crippen molar-refractivity contribution in [3.63, 3.8) is 0 Å². The molecule has 0 aromatic heterocycles. The molecule has 0 amide bonds. The average Bonchev–Trinajstić information content (AvgIpc) is 2.90. The molecule has 1 unspecified atom stereocenters. The van der Waals surface area contributed by atoms with Gasteiger partial charge in [-0.3, -0.25) is 0 Å². The monoisotopic (exact) mass is 247 g/mol. The molecule has 0 spiro atoms. The van der Waals surface area contributed by atoms with Crippen LogP contribution in [0.15, 0.2) is 24.3 Å². The second-order valence-electron chi connectivity index (χ2n) is 5.28. The van der Waals surface area contributed by atoms with Gasteiger partial charge >= 0.3 is 0 Å². The fraction of sp³-hybridized carbons (Fsp3) is 0.625. The zero-order valence-corrected chi connectivity index (χ0v) is 11.4. The maximum atomic E-state index is 5.98. The molecule has 0 heterocycles. The molecule has 1 saturated carbocycles. The summed E-state index contributed by atoms with van der Waals surface area (Å²) in [6.45, 7) is 2.99. The third-order valence-electron chi connectivity index (χ3n) is 3.96. The number of hydrogen-bond acceptors (Lipinski definition) is 2. The lowest BCUT2D eigenvalue weighted by molar-refractivity contribution is 0.210. The van der Waals surface area contributed by atoms with E-state index in [1.165, 1.54) is 31.2 Å². The van der Waals surface area contributed by atoms with Gasteiger partial charge in [0.25, 0.3) is 0 Å². The average molecular weight is 247 g/mol. The number of hydrogen-bond donors (Lipinski definition) is 1. The summed E-state index contributed by atoms with van der Waals surface area (Å²) in [5.74, 6) is 1.61. The van der Waals surface area contributed by atoms with Gasteiger partial charge in [-0.25, -0.2) is 0 Å². The Hall–Kier alpha value is -1.02. The number of rotatable bonds is 6. The summed E-state index contributed by atoms with van der Waals surface area (Å²) in [4.78, 5) is 0. The van der Waals surface area contributed by atoms with Crippen LogP contribution in [0.2, 0.25) is 0 Å². The van der Waals surface area contributed by atoms with E-state index in [0.29, 0.717) is 12.0 Å². The fourth-order valence-corrected chi connectivity index (χ4v) is 2.82. The first-order valence-electron chi connectivity index (χ1n) is 7.30. The Bertz CT molecular complexity index is 341. The van der Waals surface area contributed by atoms with Crippen LogP contribution in [0, 0.1) is 0 Å². The molecule has 1 atom stereocenters. The van der Waals surface area contributed by atoms with E-state index in [1.807, 2.05) is 0 Å². The fourth-order valence-electron chi connectivity index (χ4n) is 2.82. The molecule has 2 N–H and O–H groups in total. The van der Waals surface area contributed by atoms with E-state index in [1.54, 1.807) is 0 Å². The van der Waals surface area contributed by atoms with Crippen LogP contribution >= 0.6 is 0 Å². The van der Waals surface area contributed by atoms with Gasteiger partial charge < -0.3 is 10.5 Å². The van der Waals surface area contributed by atoms with E-state index in [0.717, 1.165) is 25.1 Å². The molecule has 1 aromatic rings. The van der Waals surface area contributed by atoms with Gasteiger partial charge in [-0.1, -0.05) is 19.1 Å². The third kappa shape index (κ3) is 3.49. The largest absolute Gasteiger partial charge is 0.490 e. The van der Waals surface area contributed by atoms with Crippen molar-refractivity contribution in [3.8, 4) is 5.75 Å². The van der Waals surface area contributed by atoms with Crippen molar-refractivity contribution < 1.29 is 4.74 Å². The van der Waals surface area contributed by atoms with Crippen LogP contribution in [0.1, 0.15) is 56.9 Å². The van der Waals surface area contributed by atoms with Gasteiger partial charge in [-0.15, -0.1) is 0 Å². The quantitative estimate of drug-likeness (QED) is 0.828. The molecule has 2 nitrogen and oxygen atoms in total. The molecular formula is C16H25NO. The summed E-state index contributed by atoms with van der Waals surface area (Å²) in [5.41, 5.74) is 7.05. The normalized spacial score (nSPS) is 17.9. The lowest BCUT2D eigenvalue weighted by atomic mass is 9.93. The molecule has 1 aliphatic carbocycles. The molecule has 0 bridgehead atoms. The van der Waals surface area contributed by atoms with E-state index in [9.17, 15) is 0 Å². The van der Waals surface area contributed by atoms with Crippen LogP contribution in [0.3, 0.4) is 0 Å². The van der Waals surface area contributed by atoms with Crippen LogP contribution < -0.4 is 10.5 Å². The van der Waals surface area contributed by atoms with Crippen molar-refractivity contribution >= 4 is 0 Å². The number of ether oxygens (including phenoxy) is 1. The molecule has 100 valence electrons. The Balaban J connectivity index is 1.95. The van der Waals surface area contributed by atoms with Gasteiger partial charge in [0, 0.05) is 0 Å². The molecule has 18 heavy (non-hydrogen) atoms. The van der Waals surface area contributed by atoms with Crippen molar-refractivity contribution in [2.24, 2.45) is 5.73 Å². The van der Waals surface area contributed by atoms with E-state index in [-0.39, 0.29) is 0 Å². The first kappa shape index (κ1) is 13.4. The molecule has 0 radical (unpaired) electrons. The van der Waals surface area contributed by atoms with Crippen molar-refractivity contribution in [3.05, 3.63) is 29.8 Å². The zero-order valence-electron chi connectivity index (χ0n) is 11.4. The topological polar surface area (TPSA) is 35.2 Å². The van der Waals surface area contributed by atoms with Crippen LogP contribution in [-0.4, -0.2) is 12.6 Å². The highest BCUT2D eigenvalue weighted by atomic mass is 16.5. The molecule has 0 saturated heterocycles. The van der Waals surface area contributed by atoms with Gasteiger partial charge in [0.2, 0.25) is 0 Å². The van der Waals surface area contributed by atoms with Gasteiger partial charge in [-0.2, -0.15) is 0 Å². The molecule has 2 heteroatoms. The summed E-state index contributed by atoms with van der Waals surface area (Å²) in [7, 11) is 0. The van der Waals surface area contributed by atoms with Crippen molar-refractivity contribution in [2.45, 2.75) is 57.5 Å². The molecule has 0 aliphatic heterocycles. The Kier molecular flexibility index (Phi) is 5.06. The second kappa shape index (κ2) is 6.79. The highest BCUT2D eigenvalue weighted by molar-refractivity contribution is 5.29. The predicted octanol–water partition coefficient (Wildman–Crippen LogP) is 3.85. The summed E-state index contributed by atoms with van der Waals surface area (Å²) in [6.07, 6.45) is 7.73.